The van der Waals surface area contributed by atoms with E-state index in [1.54, 1.807) is 24.3 Å². The molecule has 0 heterocycles. The van der Waals surface area contributed by atoms with Crippen molar-refractivity contribution in [3.05, 3.63) is 54.1 Å². The number of nitrogen functional groups attached to an aromatic ring is 1. The van der Waals surface area contributed by atoms with E-state index in [0.717, 1.165) is 0 Å². The fourth-order valence-corrected chi connectivity index (χ4v) is 2.00. The van der Waals surface area contributed by atoms with E-state index >= 15 is 0 Å². The average Bonchev–Trinajstić information content (AvgIpc) is 2.54. The number of imide groups is 1. The standard InChI is InChI=1S/C17H16N4O4/c1-10(22)19-11-5-4-6-12(9-11)20-16(24)17(25)21-15(23)13-7-2-3-8-14(13)18/h2-9H,18H2,1H3,(H,19,22)(H,20,24)(H,21,23,25). The van der Waals surface area contributed by atoms with Crippen molar-refractivity contribution in [3.8, 4) is 0 Å². The molecule has 5 N–H and O–H groups in total. The van der Waals surface area contributed by atoms with Crippen LogP contribution in [-0.2, 0) is 14.4 Å². The number of nitrogens with two attached hydrogens (primary N) is 1. The lowest BCUT2D eigenvalue weighted by atomic mass is 10.1. The van der Waals surface area contributed by atoms with Crippen molar-refractivity contribution in [1.29, 1.82) is 0 Å². The SMILES string of the molecule is CC(=O)Nc1cccc(NC(=O)C(=O)NC(=O)c2ccccc2N)c1. The molecule has 0 aromatic heterocycles. The largest absolute Gasteiger partial charge is 0.398 e. The molecule has 0 unspecified atom stereocenters. The minimum absolute atomic E-state index is 0.0938. The van der Waals surface area contributed by atoms with Crippen LogP contribution in [0.4, 0.5) is 17.1 Å². The first-order valence-corrected chi connectivity index (χ1v) is 7.25. The smallest absolute Gasteiger partial charge is 0.316 e. The summed E-state index contributed by atoms with van der Waals surface area (Å²) < 4.78 is 0. The highest BCUT2D eigenvalue weighted by atomic mass is 16.2. The first-order chi connectivity index (χ1) is 11.9. The number of amides is 4. The number of carbonyl (C=O) groups is 4. The van der Waals surface area contributed by atoms with Gasteiger partial charge in [0.15, 0.2) is 0 Å². The zero-order valence-corrected chi connectivity index (χ0v) is 13.3. The third kappa shape index (κ3) is 4.90. The molecular formula is C17H16N4O4. The van der Waals surface area contributed by atoms with Gasteiger partial charge in [0.2, 0.25) is 5.91 Å². The first-order valence-electron chi connectivity index (χ1n) is 7.25. The highest BCUT2D eigenvalue weighted by Gasteiger charge is 2.19. The van der Waals surface area contributed by atoms with Gasteiger partial charge in [-0.05, 0) is 30.3 Å². The maximum Gasteiger partial charge on any atom is 0.316 e. The summed E-state index contributed by atoms with van der Waals surface area (Å²) in [6, 6.07) is 12.4. The monoisotopic (exact) mass is 340 g/mol. The predicted molar refractivity (Wildman–Crippen MR) is 92.7 cm³/mol. The van der Waals surface area contributed by atoms with Crippen LogP contribution < -0.4 is 21.7 Å². The van der Waals surface area contributed by atoms with Gasteiger partial charge in [0.25, 0.3) is 5.91 Å². The molecule has 0 fully saturated rings. The molecule has 2 rings (SSSR count). The van der Waals surface area contributed by atoms with E-state index in [2.05, 4.69) is 10.6 Å². The highest BCUT2D eigenvalue weighted by molar-refractivity contribution is 6.42. The summed E-state index contributed by atoms with van der Waals surface area (Å²) in [5, 5.41) is 6.85. The Labute approximate surface area is 143 Å². The summed E-state index contributed by atoms with van der Waals surface area (Å²) in [7, 11) is 0. The van der Waals surface area contributed by atoms with Crippen molar-refractivity contribution in [1.82, 2.24) is 5.32 Å². The molecular weight excluding hydrogens is 324 g/mol. The Morgan fingerprint density at radius 3 is 2.12 bits per heavy atom. The second-order valence-electron chi connectivity index (χ2n) is 5.09. The van der Waals surface area contributed by atoms with E-state index in [-0.39, 0.29) is 22.8 Å². The van der Waals surface area contributed by atoms with Crippen LogP contribution in [0.3, 0.4) is 0 Å². The molecule has 0 atom stereocenters. The predicted octanol–water partition coefficient (Wildman–Crippen LogP) is 1.12. The summed E-state index contributed by atoms with van der Waals surface area (Å²) in [6.45, 7) is 1.35. The van der Waals surface area contributed by atoms with E-state index in [9.17, 15) is 19.2 Å². The molecule has 0 aliphatic carbocycles. The first kappa shape index (κ1) is 17.7. The molecule has 8 nitrogen and oxygen atoms in total. The van der Waals surface area contributed by atoms with Gasteiger partial charge in [0.05, 0.1) is 5.56 Å². The van der Waals surface area contributed by atoms with Crippen LogP contribution in [0.15, 0.2) is 48.5 Å². The molecule has 0 spiro atoms. The van der Waals surface area contributed by atoms with Gasteiger partial charge >= 0.3 is 11.8 Å². The normalized spacial score (nSPS) is 9.80. The summed E-state index contributed by atoms with van der Waals surface area (Å²) in [5.74, 6) is -3.20. The molecule has 0 radical (unpaired) electrons. The number of rotatable bonds is 3. The van der Waals surface area contributed by atoms with E-state index in [1.165, 1.54) is 31.2 Å². The number of hydrogen-bond donors (Lipinski definition) is 4. The summed E-state index contributed by atoms with van der Waals surface area (Å²) in [5.41, 5.74) is 6.68. The van der Waals surface area contributed by atoms with Crippen molar-refractivity contribution >= 4 is 40.7 Å². The minimum atomic E-state index is -1.13. The van der Waals surface area contributed by atoms with Gasteiger partial charge in [-0.15, -0.1) is 0 Å². The fraction of sp³-hybridized carbons (Fsp3) is 0.0588. The molecule has 0 saturated heterocycles. The van der Waals surface area contributed by atoms with Gasteiger partial charge in [-0.2, -0.15) is 0 Å². The van der Waals surface area contributed by atoms with Crippen molar-refractivity contribution in [2.24, 2.45) is 0 Å². The molecule has 4 amide bonds. The zero-order chi connectivity index (χ0) is 18.4. The zero-order valence-electron chi connectivity index (χ0n) is 13.3. The lowest BCUT2D eigenvalue weighted by Gasteiger charge is -2.08. The third-order valence-electron chi connectivity index (χ3n) is 3.08. The number of nitrogens with one attached hydrogen (secondary N) is 3. The quantitative estimate of drug-likeness (QED) is 0.491. The van der Waals surface area contributed by atoms with Crippen LogP contribution in [-0.4, -0.2) is 23.6 Å². The second kappa shape index (κ2) is 7.73. The number of para-hydroxylation sites is 1. The maximum absolute atomic E-state index is 12.0. The third-order valence-corrected chi connectivity index (χ3v) is 3.08. The van der Waals surface area contributed by atoms with Crippen LogP contribution in [0.1, 0.15) is 17.3 Å². The molecule has 0 saturated carbocycles. The van der Waals surface area contributed by atoms with Crippen molar-refractivity contribution in [2.45, 2.75) is 6.92 Å². The second-order valence-corrected chi connectivity index (χ2v) is 5.09. The molecule has 0 aliphatic rings. The Hall–Kier alpha value is -3.68. The van der Waals surface area contributed by atoms with Gasteiger partial charge in [0.1, 0.15) is 0 Å². The number of benzene rings is 2. The molecule has 128 valence electrons. The van der Waals surface area contributed by atoms with Crippen molar-refractivity contribution in [3.63, 3.8) is 0 Å². The molecule has 2 aromatic carbocycles. The summed E-state index contributed by atoms with van der Waals surface area (Å²) in [4.78, 5) is 46.8. The number of hydrogen-bond acceptors (Lipinski definition) is 5. The highest BCUT2D eigenvalue weighted by Crippen LogP contribution is 2.15. The topological polar surface area (TPSA) is 130 Å². The molecule has 0 bridgehead atoms. The van der Waals surface area contributed by atoms with Crippen molar-refractivity contribution < 1.29 is 19.2 Å². The molecule has 25 heavy (non-hydrogen) atoms. The minimum Gasteiger partial charge on any atom is -0.398 e. The van der Waals surface area contributed by atoms with E-state index < -0.39 is 17.7 Å². The molecule has 2 aromatic rings. The van der Waals surface area contributed by atoms with Gasteiger partial charge in [0, 0.05) is 24.0 Å². The van der Waals surface area contributed by atoms with Gasteiger partial charge in [-0.1, -0.05) is 18.2 Å². The number of carbonyl (C=O) groups excluding carboxylic acids is 4. The van der Waals surface area contributed by atoms with Gasteiger partial charge < -0.3 is 16.4 Å². The Morgan fingerprint density at radius 1 is 0.840 bits per heavy atom. The van der Waals surface area contributed by atoms with Crippen LogP contribution in [0, 0.1) is 0 Å². The van der Waals surface area contributed by atoms with E-state index in [4.69, 9.17) is 5.73 Å². The lowest BCUT2D eigenvalue weighted by Crippen LogP contribution is -2.39. The summed E-state index contributed by atoms with van der Waals surface area (Å²) >= 11 is 0. The van der Waals surface area contributed by atoms with Crippen LogP contribution in [0.2, 0.25) is 0 Å². The van der Waals surface area contributed by atoms with Crippen molar-refractivity contribution in [2.75, 3.05) is 16.4 Å². The Kier molecular flexibility index (Phi) is 5.47. The Balaban J connectivity index is 2.01. The van der Waals surface area contributed by atoms with Gasteiger partial charge in [-0.25, -0.2) is 0 Å². The van der Waals surface area contributed by atoms with Gasteiger partial charge in [-0.3, -0.25) is 24.5 Å². The van der Waals surface area contributed by atoms with Crippen LogP contribution in [0.25, 0.3) is 0 Å². The summed E-state index contributed by atoms with van der Waals surface area (Å²) in [6.07, 6.45) is 0. The Bertz CT molecular complexity index is 848. The molecule has 8 heteroatoms. The average molecular weight is 340 g/mol. The maximum atomic E-state index is 12.0. The van der Waals surface area contributed by atoms with Crippen LogP contribution >= 0.6 is 0 Å². The van der Waals surface area contributed by atoms with Crippen LogP contribution in [0.5, 0.6) is 0 Å². The fourth-order valence-electron chi connectivity index (χ4n) is 2.00. The molecule has 0 aliphatic heterocycles. The Morgan fingerprint density at radius 2 is 1.48 bits per heavy atom. The lowest BCUT2D eigenvalue weighted by molar-refractivity contribution is -0.135. The van der Waals surface area contributed by atoms with E-state index in [1.807, 2.05) is 5.32 Å². The van der Waals surface area contributed by atoms with E-state index in [0.29, 0.717) is 5.69 Å². The number of anilines is 3.